The van der Waals surface area contributed by atoms with Gasteiger partial charge in [-0.2, -0.15) is 0 Å². The molecule has 0 aliphatic heterocycles. The first-order valence-corrected chi connectivity index (χ1v) is 8.38. The average molecular weight is 395 g/mol. The topological polar surface area (TPSA) is 51.2 Å². The number of ether oxygens (including phenoxy) is 1. The third-order valence-corrected chi connectivity index (χ3v) is 4.94. The molecule has 0 atom stereocenters. The first-order chi connectivity index (χ1) is 11.0. The molecule has 0 aliphatic rings. The number of carbonyl (C=O) groups is 1. The molecule has 1 N–H and O–H groups in total. The van der Waals surface area contributed by atoms with E-state index in [1.165, 1.54) is 17.4 Å². The van der Waals surface area contributed by atoms with Gasteiger partial charge in [-0.3, -0.25) is 10.1 Å². The SMILES string of the molecule is Cc1cc(OCC(=O)Nc2nc3c(F)cccc3s2)ccc1Br. The van der Waals surface area contributed by atoms with E-state index in [1.54, 1.807) is 18.2 Å². The number of halogens is 2. The normalized spacial score (nSPS) is 10.7. The molecule has 3 rings (SSSR count). The lowest BCUT2D eigenvalue weighted by Gasteiger charge is -2.07. The van der Waals surface area contributed by atoms with E-state index in [1.807, 2.05) is 19.1 Å². The highest BCUT2D eigenvalue weighted by atomic mass is 79.9. The van der Waals surface area contributed by atoms with Crippen LogP contribution in [0.25, 0.3) is 10.2 Å². The second kappa shape index (κ2) is 6.64. The Bertz CT molecular complexity index is 882. The highest BCUT2D eigenvalue weighted by Gasteiger charge is 2.11. The standard InChI is InChI=1S/C16H12BrFN2O2S/c1-9-7-10(5-6-11(9)17)22-8-14(21)19-16-20-15-12(18)3-2-4-13(15)23-16/h2-7H,8H2,1H3,(H,19,20,21). The van der Waals surface area contributed by atoms with E-state index in [-0.39, 0.29) is 18.0 Å². The predicted octanol–water partition coefficient (Wildman–Crippen LogP) is 4.52. The van der Waals surface area contributed by atoms with E-state index >= 15 is 0 Å². The van der Waals surface area contributed by atoms with Crippen molar-refractivity contribution in [1.82, 2.24) is 4.98 Å². The Morgan fingerprint density at radius 3 is 2.96 bits per heavy atom. The summed E-state index contributed by atoms with van der Waals surface area (Å²) in [4.78, 5) is 16.0. The molecule has 0 unspecified atom stereocenters. The summed E-state index contributed by atoms with van der Waals surface area (Å²) < 4.78 is 20.7. The monoisotopic (exact) mass is 394 g/mol. The van der Waals surface area contributed by atoms with Crippen LogP contribution in [-0.4, -0.2) is 17.5 Å². The zero-order valence-electron chi connectivity index (χ0n) is 12.1. The Labute approximate surface area is 144 Å². The van der Waals surface area contributed by atoms with E-state index in [2.05, 4.69) is 26.2 Å². The highest BCUT2D eigenvalue weighted by Crippen LogP contribution is 2.27. The number of hydrogen-bond donors (Lipinski definition) is 1. The van der Waals surface area contributed by atoms with Gasteiger partial charge in [-0.25, -0.2) is 9.37 Å². The summed E-state index contributed by atoms with van der Waals surface area (Å²) in [5.41, 5.74) is 1.28. The smallest absolute Gasteiger partial charge is 0.264 e. The number of benzene rings is 2. The lowest BCUT2D eigenvalue weighted by Crippen LogP contribution is -2.20. The molecule has 0 fully saturated rings. The van der Waals surface area contributed by atoms with Crippen molar-refractivity contribution in [2.45, 2.75) is 6.92 Å². The number of carbonyl (C=O) groups excluding carboxylic acids is 1. The van der Waals surface area contributed by atoms with E-state index in [9.17, 15) is 9.18 Å². The minimum Gasteiger partial charge on any atom is -0.484 e. The van der Waals surface area contributed by atoms with Crippen LogP contribution < -0.4 is 10.1 Å². The number of thiazole rings is 1. The molecular weight excluding hydrogens is 383 g/mol. The minimum absolute atomic E-state index is 0.139. The summed E-state index contributed by atoms with van der Waals surface area (Å²) in [6.07, 6.45) is 0. The lowest BCUT2D eigenvalue weighted by molar-refractivity contribution is -0.118. The molecule has 7 heteroatoms. The first kappa shape index (κ1) is 15.9. The van der Waals surface area contributed by atoms with Crippen LogP contribution in [0, 0.1) is 12.7 Å². The van der Waals surface area contributed by atoms with Crippen molar-refractivity contribution in [3.63, 3.8) is 0 Å². The highest BCUT2D eigenvalue weighted by molar-refractivity contribution is 9.10. The van der Waals surface area contributed by atoms with Gasteiger partial charge < -0.3 is 4.74 Å². The van der Waals surface area contributed by atoms with Gasteiger partial charge in [0.2, 0.25) is 0 Å². The number of amides is 1. The maximum absolute atomic E-state index is 13.6. The van der Waals surface area contributed by atoms with Crippen molar-refractivity contribution in [2.24, 2.45) is 0 Å². The summed E-state index contributed by atoms with van der Waals surface area (Å²) in [7, 11) is 0. The van der Waals surface area contributed by atoms with Gasteiger partial charge in [0.1, 0.15) is 17.1 Å². The molecule has 0 bridgehead atoms. The quantitative estimate of drug-likeness (QED) is 0.707. The fraction of sp³-hybridized carbons (Fsp3) is 0.125. The first-order valence-electron chi connectivity index (χ1n) is 6.77. The molecule has 3 aromatic rings. The average Bonchev–Trinajstić information content (AvgIpc) is 2.92. The van der Waals surface area contributed by atoms with Crippen LogP contribution in [-0.2, 0) is 4.79 Å². The third-order valence-electron chi connectivity index (χ3n) is 3.12. The number of aryl methyl sites for hydroxylation is 1. The van der Waals surface area contributed by atoms with Gasteiger partial charge in [-0.05, 0) is 42.8 Å². The molecule has 4 nitrogen and oxygen atoms in total. The molecule has 0 saturated carbocycles. The number of aromatic nitrogens is 1. The minimum atomic E-state index is -0.402. The van der Waals surface area contributed by atoms with E-state index in [0.29, 0.717) is 15.6 Å². The van der Waals surface area contributed by atoms with Crippen molar-refractivity contribution in [2.75, 3.05) is 11.9 Å². The zero-order valence-corrected chi connectivity index (χ0v) is 14.5. The molecule has 1 heterocycles. The summed E-state index contributed by atoms with van der Waals surface area (Å²) in [6, 6.07) is 10.2. The maximum atomic E-state index is 13.6. The largest absolute Gasteiger partial charge is 0.484 e. The second-order valence-electron chi connectivity index (χ2n) is 4.85. The number of rotatable bonds is 4. The number of nitrogens with one attached hydrogen (secondary N) is 1. The van der Waals surface area contributed by atoms with Gasteiger partial charge in [0.05, 0.1) is 4.70 Å². The van der Waals surface area contributed by atoms with Crippen LogP contribution in [0.1, 0.15) is 5.56 Å². The Balaban J connectivity index is 1.64. The molecular formula is C16H12BrFN2O2S. The van der Waals surface area contributed by atoms with E-state index < -0.39 is 5.82 Å². The predicted molar refractivity (Wildman–Crippen MR) is 92.6 cm³/mol. The lowest BCUT2D eigenvalue weighted by atomic mass is 10.2. The van der Waals surface area contributed by atoms with Crippen molar-refractivity contribution in [3.05, 3.63) is 52.3 Å². The van der Waals surface area contributed by atoms with Gasteiger partial charge in [0.25, 0.3) is 5.91 Å². The molecule has 0 aliphatic carbocycles. The van der Waals surface area contributed by atoms with Crippen LogP contribution in [0.3, 0.4) is 0 Å². The van der Waals surface area contributed by atoms with Gasteiger partial charge in [-0.1, -0.05) is 33.3 Å². The second-order valence-corrected chi connectivity index (χ2v) is 6.74. The van der Waals surface area contributed by atoms with E-state index in [0.717, 1.165) is 10.0 Å². The fourth-order valence-corrected chi connectivity index (χ4v) is 3.12. The number of hydrogen-bond acceptors (Lipinski definition) is 4. The number of para-hydroxylation sites is 1. The maximum Gasteiger partial charge on any atom is 0.264 e. The molecule has 0 radical (unpaired) electrons. The molecule has 0 spiro atoms. The van der Waals surface area contributed by atoms with Crippen LogP contribution in [0.5, 0.6) is 5.75 Å². The molecule has 2 aromatic carbocycles. The Kier molecular flexibility index (Phi) is 4.58. The Morgan fingerprint density at radius 2 is 2.22 bits per heavy atom. The van der Waals surface area contributed by atoms with Gasteiger partial charge in [-0.15, -0.1) is 0 Å². The van der Waals surface area contributed by atoms with Crippen LogP contribution in [0.15, 0.2) is 40.9 Å². The van der Waals surface area contributed by atoms with Gasteiger partial charge in [0.15, 0.2) is 11.7 Å². The zero-order chi connectivity index (χ0) is 16.4. The molecule has 23 heavy (non-hydrogen) atoms. The van der Waals surface area contributed by atoms with Crippen molar-refractivity contribution in [3.8, 4) is 5.75 Å². The number of anilines is 1. The Hall–Kier alpha value is -1.99. The Morgan fingerprint density at radius 1 is 1.39 bits per heavy atom. The van der Waals surface area contributed by atoms with Gasteiger partial charge >= 0.3 is 0 Å². The summed E-state index contributed by atoms with van der Waals surface area (Å²) in [5.74, 6) is -0.137. The molecule has 0 saturated heterocycles. The van der Waals surface area contributed by atoms with Crippen molar-refractivity contribution < 1.29 is 13.9 Å². The number of nitrogens with zero attached hydrogens (tertiary/aromatic N) is 1. The van der Waals surface area contributed by atoms with Crippen LogP contribution in [0.2, 0.25) is 0 Å². The fourth-order valence-electron chi connectivity index (χ4n) is 1.98. The summed E-state index contributed by atoms with van der Waals surface area (Å²) >= 11 is 4.62. The third kappa shape index (κ3) is 3.68. The van der Waals surface area contributed by atoms with E-state index in [4.69, 9.17) is 4.74 Å². The van der Waals surface area contributed by atoms with Gasteiger partial charge in [0, 0.05) is 4.47 Å². The molecule has 1 aromatic heterocycles. The number of fused-ring (bicyclic) bond motifs is 1. The van der Waals surface area contributed by atoms with Crippen molar-refractivity contribution in [1.29, 1.82) is 0 Å². The van der Waals surface area contributed by atoms with Crippen molar-refractivity contribution >= 4 is 48.5 Å². The summed E-state index contributed by atoms with van der Waals surface area (Å²) in [6.45, 7) is 1.80. The molecule has 118 valence electrons. The summed E-state index contributed by atoms with van der Waals surface area (Å²) in [5, 5.41) is 2.97. The van der Waals surface area contributed by atoms with Crippen LogP contribution >= 0.6 is 27.3 Å². The molecule has 1 amide bonds. The van der Waals surface area contributed by atoms with Crippen LogP contribution in [0.4, 0.5) is 9.52 Å².